The first kappa shape index (κ1) is 22.8. The van der Waals surface area contributed by atoms with Gasteiger partial charge in [-0.3, -0.25) is 0 Å². The Kier molecular flexibility index (Phi) is 51.3. The van der Waals surface area contributed by atoms with Crippen molar-refractivity contribution in [2.45, 2.75) is 0 Å². The Morgan fingerprint density at radius 1 is 1.14 bits per heavy atom. The van der Waals surface area contributed by atoms with E-state index in [-0.39, 0.29) is 93.0 Å². The van der Waals surface area contributed by atoms with E-state index in [2.05, 4.69) is 0 Å². The number of carboxylic acid groups (broad SMARTS) is 2. The second-order valence-electron chi connectivity index (χ2n) is 0.283. The molecule has 0 spiro atoms. The van der Waals surface area contributed by atoms with Gasteiger partial charge in [0, 0.05) is 0 Å². The zero-order valence-corrected chi connectivity index (χ0v) is 10.8. The van der Waals surface area contributed by atoms with Gasteiger partial charge in [0.15, 0.2) is 0 Å². The second-order valence-corrected chi connectivity index (χ2v) is 0.283. The van der Waals surface area contributed by atoms with Crippen molar-refractivity contribution < 1.29 is 108 Å². The normalized spacial score (nSPS) is 3.43. The number of hydrogen-bond acceptors (Lipinski definition) is 1. The molecule has 0 unspecified atom stereocenters. The van der Waals surface area contributed by atoms with Crippen LogP contribution in [0.5, 0.6) is 0 Å². The predicted octanol–water partition coefficient (Wildman–Crippen LogP) is -8.43. The van der Waals surface area contributed by atoms with Crippen LogP contribution >= 0.6 is 0 Å². The van der Waals surface area contributed by atoms with Crippen LogP contribution in [-0.2, 0) is 0 Å². The maximum Gasteiger partial charge on any atom is 1.00 e. The summed E-state index contributed by atoms with van der Waals surface area (Å²) in [6, 6.07) is 0. The molecule has 0 aromatic heterocycles. The van der Waals surface area contributed by atoms with Gasteiger partial charge in [0.25, 0.3) is 0 Å². The molecule has 0 heterocycles. The second kappa shape index (κ2) is 15.7. The van der Waals surface area contributed by atoms with Gasteiger partial charge in [0.2, 0.25) is 0 Å². The first-order chi connectivity index (χ1) is 1.73. The van der Waals surface area contributed by atoms with Crippen LogP contribution in [0.4, 0.5) is 4.79 Å². The van der Waals surface area contributed by atoms with E-state index in [0.29, 0.717) is 0 Å². The topological polar surface area (TPSA) is 57.5 Å². The quantitative estimate of drug-likeness (QED) is 0.323. The molecule has 0 saturated heterocycles. The molecular formula is CH5Na3O3. The molecule has 0 aromatic carbocycles. The Labute approximate surface area is 112 Å². The molecule has 0 amide bonds. The Morgan fingerprint density at radius 3 is 1.14 bits per heavy atom. The average Bonchev–Trinajstić information content (AvgIpc) is 0.811. The van der Waals surface area contributed by atoms with Crippen LogP contribution in [0.3, 0.4) is 0 Å². The molecule has 0 aliphatic carbocycles. The minimum absolute atomic E-state index is 0. The molecule has 0 aromatic rings. The van der Waals surface area contributed by atoms with E-state index in [4.69, 9.17) is 15.0 Å². The fourth-order valence-electron chi connectivity index (χ4n) is 0. The third kappa shape index (κ3) is 63.1. The van der Waals surface area contributed by atoms with Gasteiger partial charge in [-0.25, -0.2) is 4.79 Å². The summed E-state index contributed by atoms with van der Waals surface area (Å²) in [5.41, 5.74) is 0. The number of hydrogen-bond donors (Lipinski definition) is 2. The van der Waals surface area contributed by atoms with Gasteiger partial charge in [-0.1, -0.05) is 0 Å². The van der Waals surface area contributed by atoms with E-state index in [0.717, 1.165) is 0 Å². The monoisotopic (exact) mass is 134 g/mol. The van der Waals surface area contributed by atoms with Gasteiger partial charge in [0.1, 0.15) is 0 Å². The smallest absolute Gasteiger partial charge is 1.00 e. The molecule has 30 valence electrons. The number of rotatable bonds is 0. The molecule has 0 aliphatic heterocycles. The van der Waals surface area contributed by atoms with Crippen molar-refractivity contribution in [2.75, 3.05) is 0 Å². The van der Waals surface area contributed by atoms with Crippen molar-refractivity contribution in [3.63, 3.8) is 0 Å². The minimum Gasteiger partial charge on any atom is -1.00 e. The van der Waals surface area contributed by atoms with Gasteiger partial charge >= 0.3 is 94.8 Å². The summed E-state index contributed by atoms with van der Waals surface area (Å²) in [6.45, 7) is 0. The molecule has 0 radical (unpaired) electrons. The van der Waals surface area contributed by atoms with Crippen molar-refractivity contribution in [3.05, 3.63) is 0 Å². The van der Waals surface area contributed by atoms with Gasteiger partial charge in [-0.15, -0.1) is 0 Å². The van der Waals surface area contributed by atoms with E-state index >= 15 is 0 Å². The molecular weight excluding hydrogens is 129 g/mol. The van der Waals surface area contributed by atoms with Gasteiger partial charge < -0.3 is 14.5 Å². The molecule has 7 heavy (non-hydrogen) atoms. The Balaban J connectivity index is -0.00000000300. The average molecular weight is 134 g/mol. The third-order valence-electron chi connectivity index (χ3n) is 0. The summed E-state index contributed by atoms with van der Waals surface area (Å²) in [6.07, 6.45) is -1.83. The first-order valence-corrected chi connectivity index (χ1v) is 0.651. The molecule has 0 bridgehead atoms. The minimum atomic E-state index is -1.83. The van der Waals surface area contributed by atoms with E-state index in [9.17, 15) is 0 Å². The van der Waals surface area contributed by atoms with Crippen molar-refractivity contribution >= 4 is 6.16 Å². The largest absolute Gasteiger partial charge is 1.00 e. The molecule has 6 heteroatoms. The summed E-state index contributed by atoms with van der Waals surface area (Å²) in [7, 11) is 0. The van der Waals surface area contributed by atoms with Crippen LogP contribution in [-0.4, -0.2) is 16.4 Å². The van der Waals surface area contributed by atoms with Crippen LogP contribution < -0.4 is 88.7 Å². The zero-order chi connectivity index (χ0) is 3.58. The van der Waals surface area contributed by atoms with Gasteiger partial charge in [-0.05, 0) is 0 Å². The maximum absolute atomic E-state index is 8.56. The van der Waals surface area contributed by atoms with E-state index < -0.39 is 6.16 Å². The molecule has 0 saturated carbocycles. The molecule has 0 aliphatic rings. The zero-order valence-electron chi connectivity index (χ0n) is 7.80. The molecule has 0 atom stereocenters. The Hall–Kier alpha value is 2.27. The first-order valence-electron chi connectivity index (χ1n) is 0.651. The maximum atomic E-state index is 8.56. The fraction of sp³-hybridized carbons (Fsp3) is 0. The van der Waals surface area contributed by atoms with Crippen molar-refractivity contribution in [1.29, 1.82) is 0 Å². The van der Waals surface area contributed by atoms with E-state index in [1.165, 1.54) is 0 Å². The van der Waals surface area contributed by atoms with Crippen LogP contribution in [0.2, 0.25) is 0 Å². The molecule has 0 fully saturated rings. The summed E-state index contributed by atoms with van der Waals surface area (Å²) in [5.74, 6) is 0. The van der Waals surface area contributed by atoms with Crippen molar-refractivity contribution in [1.82, 2.24) is 0 Å². The van der Waals surface area contributed by atoms with E-state index in [1.54, 1.807) is 0 Å². The molecule has 2 N–H and O–H groups in total. The SMILES string of the molecule is O=C(O)O.[H-].[H-].[H-].[Na+].[Na+].[Na+]. The third-order valence-corrected chi connectivity index (χ3v) is 0. The Bertz CT molecular complexity index is 42.0. The molecule has 3 nitrogen and oxygen atoms in total. The van der Waals surface area contributed by atoms with E-state index in [1.807, 2.05) is 0 Å². The van der Waals surface area contributed by atoms with Crippen LogP contribution in [0, 0.1) is 0 Å². The molecule has 0 rings (SSSR count). The number of carbonyl (C=O) groups is 1. The summed E-state index contributed by atoms with van der Waals surface area (Å²) in [5, 5.41) is 13.9. The van der Waals surface area contributed by atoms with Crippen LogP contribution in [0.1, 0.15) is 4.28 Å². The standard InChI is InChI=1S/CH2O3.3Na.3H/c2-1(3)4;;;;;;/h(H2,2,3,4);;;;;;/q;3*+1;3*-1. The Morgan fingerprint density at radius 2 is 1.14 bits per heavy atom. The van der Waals surface area contributed by atoms with Gasteiger partial charge in [0.05, 0.1) is 0 Å². The van der Waals surface area contributed by atoms with Crippen LogP contribution in [0.15, 0.2) is 0 Å². The summed E-state index contributed by atoms with van der Waals surface area (Å²) in [4.78, 5) is 8.56. The van der Waals surface area contributed by atoms with Crippen molar-refractivity contribution in [2.24, 2.45) is 0 Å². The fourth-order valence-corrected chi connectivity index (χ4v) is 0. The van der Waals surface area contributed by atoms with Crippen LogP contribution in [0.25, 0.3) is 0 Å². The predicted molar refractivity (Wildman–Crippen MR) is 14.0 cm³/mol. The summed E-state index contributed by atoms with van der Waals surface area (Å²) < 4.78 is 0. The van der Waals surface area contributed by atoms with Gasteiger partial charge in [-0.2, -0.15) is 0 Å². The van der Waals surface area contributed by atoms with Crippen molar-refractivity contribution in [3.8, 4) is 0 Å². The summed E-state index contributed by atoms with van der Waals surface area (Å²) >= 11 is 0.